The highest BCUT2D eigenvalue weighted by Gasteiger charge is 2.65. The normalized spacial score (nSPS) is 49.0. The van der Waals surface area contributed by atoms with Crippen molar-refractivity contribution in [3.8, 4) is 0 Å². The van der Waals surface area contributed by atoms with Crippen LogP contribution in [0.3, 0.4) is 0 Å². The molecule has 11 atom stereocenters. The van der Waals surface area contributed by atoms with Crippen LogP contribution in [0.4, 0.5) is 4.39 Å². The summed E-state index contributed by atoms with van der Waals surface area (Å²) in [5.74, 6) is 1.69. The number of aliphatic hydroxyl groups is 1. The van der Waals surface area contributed by atoms with Crippen LogP contribution in [0.2, 0.25) is 0 Å². The molecular formula is C27H43FO4. The van der Waals surface area contributed by atoms with Crippen molar-refractivity contribution in [1.29, 1.82) is 0 Å². The number of ether oxygens (including phenoxy) is 1. The third-order valence-electron chi connectivity index (χ3n) is 11.0. The van der Waals surface area contributed by atoms with Gasteiger partial charge in [0.2, 0.25) is 0 Å². The first-order valence-corrected chi connectivity index (χ1v) is 13.0. The number of halogens is 1. The summed E-state index contributed by atoms with van der Waals surface area (Å²) in [6.45, 7) is 9.05. The highest BCUT2D eigenvalue weighted by Crippen LogP contribution is 2.69. The first-order valence-electron chi connectivity index (χ1n) is 13.0. The molecule has 4 rings (SSSR count). The Kier molecular flexibility index (Phi) is 6.55. The van der Waals surface area contributed by atoms with E-state index >= 15 is 0 Å². The highest BCUT2D eigenvalue weighted by molar-refractivity contribution is 5.84. The Balaban J connectivity index is 1.61. The molecule has 0 amide bonds. The second kappa shape index (κ2) is 8.67. The topological polar surface area (TPSA) is 63.6 Å². The summed E-state index contributed by atoms with van der Waals surface area (Å²) in [5, 5.41) is 11.7. The summed E-state index contributed by atoms with van der Waals surface area (Å²) in [4.78, 5) is 24.0. The van der Waals surface area contributed by atoms with Gasteiger partial charge < -0.3 is 9.84 Å². The van der Waals surface area contributed by atoms with Crippen LogP contribution >= 0.6 is 0 Å². The molecule has 0 spiro atoms. The van der Waals surface area contributed by atoms with Crippen molar-refractivity contribution in [3.63, 3.8) is 0 Å². The van der Waals surface area contributed by atoms with Crippen molar-refractivity contribution in [2.24, 2.45) is 52.3 Å². The molecule has 0 heterocycles. The molecule has 0 aromatic rings. The molecule has 4 nitrogen and oxygen atoms in total. The molecule has 1 N–H and O–H groups in total. The maximum absolute atomic E-state index is 14.7. The molecule has 4 saturated carbocycles. The van der Waals surface area contributed by atoms with Crippen molar-refractivity contribution in [2.75, 3.05) is 7.11 Å². The Bertz CT molecular complexity index is 739. The van der Waals surface area contributed by atoms with E-state index in [1.54, 1.807) is 0 Å². The van der Waals surface area contributed by atoms with Gasteiger partial charge in [0.05, 0.1) is 13.2 Å². The minimum absolute atomic E-state index is 0.0795. The quantitative estimate of drug-likeness (QED) is 0.573. The summed E-state index contributed by atoms with van der Waals surface area (Å²) in [6.07, 6.45) is 5.41. The number of alkyl halides is 1. The van der Waals surface area contributed by atoms with Gasteiger partial charge in [0.1, 0.15) is 0 Å². The predicted octanol–water partition coefficient (Wildman–Crippen LogP) is 5.36. The van der Waals surface area contributed by atoms with Crippen LogP contribution in [0.5, 0.6) is 0 Å². The van der Waals surface area contributed by atoms with E-state index in [-0.39, 0.29) is 40.3 Å². The Morgan fingerprint density at radius 3 is 2.53 bits per heavy atom. The number of rotatable bonds is 5. The highest BCUT2D eigenvalue weighted by atomic mass is 19.1. The van der Waals surface area contributed by atoms with E-state index in [0.29, 0.717) is 42.9 Å². The molecular weight excluding hydrogens is 407 g/mol. The summed E-state index contributed by atoms with van der Waals surface area (Å²) >= 11 is 0. The number of methoxy groups -OCH3 is 1. The zero-order valence-corrected chi connectivity index (χ0v) is 20.6. The van der Waals surface area contributed by atoms with Crippen LogP contribution in [0.25, 0.3) is 0 Å². The molecule has 4 fully saturated rings. The average Bonchev–Trinajstić information content (AvgIpc) is 3.11. The number of hydrogen-bond donors (Lipinski definition) is 1. The van der Waals surface area contributed by atoms with Gasteiger partial charge in [0.25, 0.3) is 0 Å². The van der Waals surface area contributed by atoms with Crippen LogP contribution in [0.1, 0.15) is 85.5 Å². The van der Waals surface area contributed by atoms with Crippen molar-refractivity contribution in [1.82, 2.24) is 0 Å². The number of aliphatic hydroxyl groups excluding tert-OH is 1. The average molecular weight is 451 g/mol. The lowest BCUT2D eigenvalue weighted by molar-refractivity contribution is -0.200. The standard InChI is InChI=1S/C27H43FO4/c1-6-16-20-13-22(29)21(28)14-27(20,4)19-11-12-26(3)17(15(2)7-10-23(30)32-5)8-9-18(26)24(19)25(16)31/h15-21,24-25,31H,6-14H2,1-5H3/t15-,16-,17-,18?,19?,20+,21+,24?,25?,26-,27-/m1/s1. The minimum atomic E-state index is -1.34. The number of carbonyl (C=O) groups is 2. The maximum atomic E-state index is 14.7. The molecule has 32 heavy (non-hydrogen) atoms. The molecule has 4 unspecified atom stereocenters. The largest absolute Gasteiger partial charge is 0.469 e. The molecule has 0 aromatic carbocycles. The number of esters is 1. The summed E-state index contributed by atoms with van der Waals surface area (Å²) in [6, 6.07) is 0. The Morgan fingerprint density at radius 2 is 1.88 bits per heavy atom. The summed E-state index contributed by atoms with van der Waals surface area (Å²) < 4.78 is 19.6. The monoisotopic (exact) mass is 450 g/mol. The first kappa shape index (κ1) is 24.2. The molecule has 4 aliphatic carbocycles. The van der Waals surface area contributed by atoms with E-state index in [1.807, 2.05) is 0 Å². The molecule has 0 aromatic heterocycles. The zero-order valence-electron chi connectivity index (χ0n) is 20.6. The zero-order chi connectivity index (χ0) is 23.4. The fourth-order valence-corrected chi connectivity index (χ4v) is 9.41. The van der Waals surface area contributed by atoms with Crippen molar-refractivity contribution < 1.29 is 23.8 Å². The second-order valence-corrected chi connectivity index (χ2v) is 12.1. The van der Waals surface area contributed by atoms with Gasteiger partial charge in [-0.05, 0) is 90.8 Å². The van der Waals surface area contributed by atoms with Crippen molar-refractivity contribution in [3.05, 3.63) is 0 Å². The first-order chi connectivity index (χ1) is 15.1. The SMILES string of the molecule is CC[C@H]1C(O)C2C3CC[C@H]([C@H](C)CCC(=O)OC)[C@@]3(C)CCC2[C@@]2(C)C[C@H](F)C(=O)C[C@@H]12. The molecule has 5 heteroatoms. The number of ketones is 1. The fraction of sp³-hybridized carbons (Fsp3) is 0.926. The maximum Gasteiger partial charge on any atom is 0.305 e. The van der Waals surface area contributed by atoms with Gasteiger partial charge in [-0.25, -0.2) is 4.39 Å². The van der Waals surface area contributed by atoms with E-state index in [1.165, 1.54) is 7.11 Å². The van der Waals surface area contributed by atoms with Gasteiger partial charge >= 0.3 is 5.97 Å². The van der Waals surface area contributed by atoms with Crippen molar-refractivity contribution in [2.45, 2.75) is 97.8 Å². The lowest BCUT2D eigenvalue weighted by Gasteiger charge is -2.64. The van der Waals surface area contributed by atoms with Crippen LogP contribution in [0, 0.1) is 52.3 Å². The molecule has 182 valence electrons. The third kappa shape index (κ3) is 3.56. The minimum Gasteiger partial charge on any atom is -0.469 e. The Labute approximate surface area is 193 Å². The fourth-order valence-electron chi connectivity index (χ4n) is 9.41. The van der Waals surface area contributed by atoms with Crippen LogP contribution < -0.4 is 0 Å². The summed E-state index contributed by atoms with van der Waals surface area (Å²) in [5.41, 5.74) is -0.0490. The van der Waals surface area contributed by atoms with E-state index in [4.69, 9.17) is 4.74 Å². The van der Waals surface area contributed by atoms with E-state index in [2.05, 4.69) is 27.7 Å². The van der Waals surface area contributed by atoms with E-state index < -0.39 is 12.3 Å². The molecule has 0 saturated heterocycles. The Morgan fingerprint density at radius 1 is 1.19 bits per heavy atom. The van der Waals surface area contributed by atoms with Crippen LogP contribution in [-0.2, 0) is 14.3 Å². The number of hydrogen-bond acceptors (Lipinski definition) is 4. The van der Waals surface area contributed by atoms with Gasteiger partial charge in [-0.3, -0.25) is 9.59 Å². The smallest absolute Gasteiger partial charge is 0.305 e. The van der Waals surface area contributed by atoms with Gasteiger partial charge in [-0.15, -0.1) is 0 Å². The van der Waals surface area contributed by atoms with E-state index in [9.17, 15) is 19.1 Å². The van der Waals surface area contributed by atoms with Crippen LogP contribution in [-0.4, -0.2) is 36.2 Å². The Hall–Kier alpha value is -0.970. The molecule has 4 aliphatic rings. The number of Topliss-reactive ketones (excluding diaryl/α,β-unsaturated/α-hetero) is 1. The lowest BCUT2D eigenvalue weighted by Crippen LogP contribution is -2.63. The molecule has 0 bridgehead atoms. The van der Waals surface area contributed by atoms with Gasteiger partial charge in [0.15, 0.2) is 12.0 Å². The van der Waals surface area contributed by atoms with E-state index in [0.717, 1.165) is 38.5 Å². The summed E-state index contributed by atoms with van der Waals surface area (Å²) in [7, 11) is 1.45. The van der Waals surface area contributed by atoms with Crippen molar-refractivity contribution >= 4 is 11.8 Å². The van der Waals surface area contributed by atoms with Gasteiger partial charge in [-0.2, -0.15) is 0 Å². The van der Waals surface area contributed by atoms with Crippen LogP contribution in [0.15, 0.2) is 0 Å². The van der Waals surface area contributed by atoms with Gasteiger partial charge in [-0.1, -0.05) is 34.1 Å². The lowest BCUT2D eigenvalue weighted by atomic mass is 9.41. The molecule has 0 aliphatic heterocycles. The number of carbonyl (C=O) groups excluding carboxylic acids is 2. The van der Waals surface area contributed by atoms with Gasteiger partial charge in [0, 0.05) is 12.8 Å². The molecule has 0 radical (unpaired) electrons. The second-order valence-electron chi connectivity index (χ2n) is 12.1. The third-order valence-corrected chi connectivity index (χ3v) is 11.0. The predicted molar refractivity (Wildman–Crippen MR) is 121 cm³/mol. The number of fused-ring (bicyclic) bond motifs is 5.